The molecule has 1 heterocycles. The van der Waals surface area contributed by atoms with E-state index in [9.17, 15) is 22.8 Å². The number of ether oxygens (including phenoxy) is 1. The lowest BCUT2D eigenvalue weighted by atomic mass is 10.1. The van der Waals surface area contributed by atoms with Crippen molar-refractivity contribution in [1.82, 2.24) is 14.5 Å². The highest BCUT2D eigenvalue weighted by molar-refractivity contribution is 7.89. The average Bonchev–Trinajstić information content (AvgIpc) is 2.72. The van der Waals surface area contributed by atoms with Crippen LogP contribution in [0.1, 0.15) is 24.8 Å². The molecule has 0 saturated carbocycles. The van der Waals surface area contributed by atoms with Crippen molar-refractivity contribution in [1.29, 1.82) is 0 Å². The molecular weight excluding hydrogens is 398 g/mol. The van der Waals surface area contributed by atoms with Crippen LogP contribution in [0.5, 0.6) is 0 Å². The normalized spacial score (nSPS) is 14.8. The van der Waals surface area contributed by atoms with Crippen molar-refractivity contribution in [2.75, 3.05) is 40.3 Å². The first-order valence-electron chi connectivity index (χ1n) is 9.43. The van der Waals surface area contributed by atoms with Crippen molar-refractivity contribution in [3.63, 3.8) is 0 Å². The van der Waals surface area contributed by atoms with Crippen LogP contribution in [0.4, 0.5) is 0 Å². The van der Waals surface area contributed by atoms with Crippen LogP contribution in [-0.4, -0.2) is 75.7 Å². The van der Waals surface area contributed by atoms with Gasteiger partial charge in [-0.15, -0.1) is 0 Å². The average molecular weight is 426 g/mol. The Hall–Kier alpha value is -2.46. The number of nitrogens with zero attached hydrogens (tertiary/aromatic N) is 2. The summed E-state index contributed by atoms with van der Waals surface area (Å²) < 4.78 is 31.7. The SMILES string of the molecule is CNC(=O)CN(C)C(=O)COC(=O)Cc1ccc(S(=O)(=O)N2CCCCC2)cc1. The van der Waals surface area contributed by atoms with Gasteiger partial charge in [0.2, 0.25) is 15.9 Å². The predicted molar refractivity (Wildman–Crippen MR) is 105 cm³/mol. The van der Waals surface area contributed by atoms with Crippen molar-refractivity contribution in [3.05, 3.63) is 29.8 Å². The van der Waals surface area contributed by atoms with Crippen LogP contribution in [0, 0.1) is 0 Å². The Labute approximate surface area is 171 Å². The molecule has 2 rings (SSSR count). The van der Waals surface area contributed by atoms with E-state index < -0.39 is 28.5 Å². The lowest BCUT2D eigenvalue weighted by molar-refractivity contribution is -0.151. The number of sulfonamides is 1. The summed E-state index contributed by atoms with van der Waals surface area (Å²) in [6, 6.07) is 6.10. The fraction of sp³-hybridized carbons (Fsp3) is 0.526. The number of hydrogen-bond donors (Lipinski definition) is 1. The van der Waals surface area contributed by atoms with E-state index in [-0.39, 0.29) is 23.8 Å². The van der Waals surface area contributed by atoms with Crippen molar-refractivity contribution >= 4 is 27.8 Å². The van der Waals surface area contributed by atoms with Crippen molar-refractivity contribution in [2.24, 2.45) is 0 Å². The fourth-order valence-electron chi connectivity index (χ4n) is 2.89. The minimum absolute atomic E-state index is 0.0868. The highest BCUT2D eigenvalue weighted by Crippen LogP contribution is 2.21. The van der Waals surface area contributed by atoms with Crippen LogP contribution in [0.15, 0.2) is 29.2 Å². The quantitative estimate of drug-likeness (QED) is 0.594. The van der Waals surface area contributed by atoms with Gasteiger partial charge in [-0.3, -0.25) is 14.4 Å². The third-order valence-corrected chi connectivity index (χ3v) is 6.58. The van der Waals surface area contributed by atoms with Crippen LogP contribution in [0.3, 0.4) is 0 Å². The molecule has 1 aromatic carbocycles. The summed E-state index contributed by atoms with van der Waals surface area (Å²) in [6.45, 7) is 0.463. The molecule has 160 valence electrons. The number of hydrogen-bond acceptors (Lipinski definition) is 6. The summed E-state index contributed by atoms with van der Waals surface area (Å²) in [4.78, 5) is 36.4. The second-order valence-corrected chi connectivity index (χ2v) is 8.81. The summed E-state index contributed by atoms with van der Waals surface area (Å²) in [6.07, 6.45) is 2.67. The first-order chi connectivity index (χ1) is 13.7. The number of nitrogens with one attached hydrogen (secondary N) is 1. The third kappa shape index (κ3) is 6.53. The highest BCUT2D eigenvalue weighted by Gasteiger charge is 2.25. The molecule has 1 fully saturated rings. The van der Waals surface area contributed by atoms with E-state index in [0.29, 0.717) is 18.7 Å². The van der Waals surface area contributed by atoms with E-state index in [1.807, 2.05) is 0 Å². The van der Waals surface area contributed by atoms with Crippen LogP contribution in [0.2, 0.25) is 0 Å². The van der Waals surface area contributed by atoms with Crippen LogP contribution in [-0.2, 0) is 35.6 Å². The van der Waals surface area contributed by atoms with Gasteiger partial charge < -0.3 is 15.0 Å². The molecule has 1 aromatic rings. The zero-order chi connectivity index (χ0) is 21.4. The standard InChI is InChI=1S/C19H27N3O6S/c1-20-17(23)13-21(2)18(24)14-28-19(25)12-15-6-8-16(9-7-15)29(26,27)22-10-4-3-5-11-22/h6-9H,3-5,10-14H2,1-2H3,(H,20,23). The van der Waals surface area contributed by atoms with Gasteiger partial charge in [0.15, 0.2) is 6.61 Å². The smallest absolute Gasteiger partial charge is 0.310 e. The number of esters is 1. The minimum atomic E-state index is -3.52. The minimum Gasteiger partial charge on any atom is -0.455 e. The van der Waals surface area contributed by atoms with Crippen molar-refractivity contribution in [3.8, 4) is 0 Å². The molecule has 0 atom stereocenters. The summed E-state index contributed by atoms with van der Waals surface area (Å²) in [5.41, 5.74) is 0.582. The lowest BCUT2D eigenvalue weighted by Gasteiger charge is -2.25. The third-order valence-electron chi connectivity index (χ3n) is 4.67. The Morgan fingerprint density at radius 1 is 1.10 bits per heavy atom. The lowest BCUT2D eigenvalue weighted by Crippen LogP contribution is -2.39. The van der Waals surface area contributed by atoms with Crippen LogP contribution >= 0.6 is 0 Å². The van der Waals surface area contributed by atoms with Gasteiger partial charge in [-0.25, -0.2) is 8.42 Å². The molecule has 2 amide bonds. The molecule has 9 nitrogen and oxygen atoms in total. The summed E-state index contributed by atoms with van der Waals surface area (Å²) in [5, 5.41) is 2.40. The molecule has 0 radical (unpaired) electrons. The molecule has 0 spiro atoms. The van der Waals surface area contributed by atoms with E-state index in [0.717, 1.165) is 24.2 Å². The van der Waals surface area contributed by atoms with Crippen molar-refractivity contribution in [2.45, 2.75) is 30.6 Å². The topological polar surface area (TPSA) is 113 Å². The number of rotatable bonds is 8. The van der Waals surface area contributed by atoms with Crippen LogP contribution < -0.4 is 5.32 Å². The number of carbonyl (C=O) groups is 3. The van der Waals surface area contributed by atoms with Gasteiger partial charge in [0.25, 0.3) is 5.91 Å². The summed E-state index contributed by atoms with van der Waals surface area (Å²) >= 11 is 0. The highest BCUT2D eigenvalue weighted by atomic mass is 32.2. The molecule has 1 aliphatic rings. The predicted octanol–water partition coefficient (Wildman–Crippen LogP) is 0.151. The maximum atomic E-state index is 12.6. The Balaban J connectivity index is 1.86. The van der Waals surface area contributed by atoms with E-state index >= 15 is 0 Å². The van der Waals surface area contributed by atoms with E-state index in [2.05, 4.69) is 5.32 Å². The maximum Gasteiger partial charge on any atom is 0.310 e. The van der Waals surface area contributed by atoms with Gasteiger partial charge >= 0.3 is 5.97 Å². The molecule has 0 bridgehead atoms. The molecule has 0 aromatic heterocycles. The maximum absolute atomic E-state index is 12.6. The number of carbonyl (C=O) groups excluding carboxylic acids is 3. The van der Waals surface area contributed by atoms with Gasteiger partial charge in [-0.05, 0) is 30.5 Å². The molecule has 1 saturated heterocycles. The number of piperidine rings is 1. The van der Waals surface area contributed by atoms with Gasteiger partial charge in [-0.2, -0.15) is 4.31 Å². The summed E-state index contributed by atoms with van der Waals surface area (Å²) in [7, 11) is -0.617. The summed E-state index contributed by atoms with van der Waals surface area (Å²) in [5.74, 6) is -1.44. The fourth-order valence-corrected chi connectivity index (χ4v) is 4.40. The second-order valence-electron chi connectivity index (χ2n) is 6.87. The zero-order valence-electron chi connectivity index (χ0n) is 16.7. The van der Waals surface area contributed by atoms with E-state index in [4.69, 9.17) is 4.74 Å². The van der Waals surface area contributed by atoms with Gasteiger partial charge in [-0.1, -0.05) is 18.6 Å². The Morgan fingerprint density at radius 2 is 1.72 bits per heavy atom. The van der Waals surface area contributed by atoms with Gasteiger partial charge in [0, 0.05) is 27.2 Å². The van der Waals surface area contributed by atoms with E-state index in [1.54, 1.807) is 12.1 Å². The molecule has 10 heteroatoms. The van der Waals surface area contributed by atoms with Crippen LogP contribution in [0.25, 0.3) is 0 Å². The molecule has 29 heavy (non-hydrogen) atoms. The monoisotopic (exact) mass is 425 g/mol. The molecular formula is C19H27N3O6S. The Kier molecular flexibility index (Phi) is 8.15. The number of benzene rings is 1. The largest absolute Gasteiger partial charge is 0.455 e. The first kappa shape index (κ1) is 22.8. The second kappa shape index (κ2) is 10.4. The van der Waals surface area contributed by atoms with Gasteiger partial charge in [0.05, 0.1) is 17.9 Å². The number of likely N-dealkylation sites (N-methyl/N-ethyl adjacent to an activating group) is 2. The van der Waals surface area contributed by atoms with E-state index in [1.165, 1.54) is 30.5 Å². The molecule has 0 aliphatic carbocycles. The molecule has 0 unspecified atom stereocenters. The molecule has 1 aliphatic heterocycles. The zero-order valence-corrected chi connectivity index (χ0v) is 17.5. The van der Waals surface area contributed by atoms with Crippen molar-refractivity contribution < 1.29 is 27.5 Å². The molecule has 1 N–H and O–H groups in total. The Morgan fingerprint density at radius 3 is 2.31 bits per heavy atom. The number of amides is 2. The Bertz CT molecular complexity index is 832. The first-order valence-corrected chi connectivity index (χ1v) is 10.9. The van der Waals surface area contributed by atoms with Gasteiger partial charge in [0.1, 0.15) is 0 Å².